The molecule has 0 bridgehead atoms. The normalized spacial score (nSPS) is 10.5. The Morgan fingerprint density at radius 2 is 1.65 bits per heavy atom. The number of rotatable bonds is 7. The van der Waals surface area contributed by atoms with Crippen LogP contribution < -0.4 is 9.47 Å². The molecule has 2 aromatic rings. The third-order valence-electron chi connectivity index (χ3n) is 3.93. The van der Waals surface area contributed by atoms with Crippen molar-refractivity contribution in [2.24, 2.45) is 0 Å². The molecule has 0 spiro atoms. The highest BCUT2D eigenvalue weighted by Gasteiger charge is 2.25. The van der Waals surface area contributed by atoms with Crippen molar-refractivity contribution in [2.45, 2.75) is 26.4 Å². The van der Waals surface area contributed by atoms with Gasteiger partial charge in [-0.1, -0.05) is 38.1 Å². The second-order valence-corrected chi connectivity index (χ2v) is 5.95. The standard InChI is InChI=1S/C19H21NO6/c1-12(2)14-7-5-13(6-8-14)11-26-19(21)15-9-17(24-3)18(25-4)10-16(15)20(22)23/h5-10,12H,11H2,1-4H3. The van der Waals surface area contributed by atoms with Crippen LogP contribution in [0.5, 0.6) is 11.5 Å². The summed E-state index contributed by atoms with van der Waals surface area (Å²) in [7, 11) is 2.75. The minimum Gasteiger partial charge on any atom is -0.493 e. The van der Waals surface area contributed by atoms with Gasteiger partial charge >= 0.3 is 5.97 Å². The summed E-state index contributed by atoms with van der Waals surface area (Å²) in [6, 6.07) is 10.1. The zero-order valence-corrected chi connectivity index (χ0v) is 15.1. The van der Waals surface area contributed by atoms with Gasteiger partial charge in [-0.25, -0.2) is 4.79 Å². The first kappa shape index (κ1) is 19.2. The third kappa shape index (κ3) is 4.30. The second-order valence-electron chi connectivity index (χ2n) is 5.95. The van der Waals surface area contributed by atoms with E-state index < -0.39 is 16.6 Å². The number of ether oxygens (including phenoxy) is 3. The summed E-state index contributed by atoms with van der Waals surface area (Å²) >= 11 is 0. The van der Waals surface area contributed by atoms with E-state index in [1.165, 1.54) is 25.8 Å². The fourth-order valence-corrected chi connectivity index (χ4v) is 2.41. The van der Waals surface area contributed by atoms with Crippen LogP contribution in [-0.2, 0) is 11.3 Å². The summed E-state index contributed by atoms with van der Waals surface area (Å²) in [4.78, 5) is 23.0. The maximum Gasteiger partial charge on any atom is 0.345 e. The van der Waals surface area contributed by atoms with Crippen LogP contribution in [0, 0.1) is 10.1 Å². The van der Waals surface area contributed by atoms with E-state index in [1.807, 2.05) is 24.3 Å². The number of nitro benzene ring substituents is 1. The largest absolute Gasteiger partial charge is 0.493 e. The predicted molar refractivity (Wildman–Crippen MR) is 95.9 cm³/mol. The van der Waals surface area contributed by atoms with Crippen LogP contribution in [0.1, 0.15) is 41.3 Å². The van der Waals surface area contributed by atoms with Crippen molar-refractivity contribution in [1.29, 1.82) is 0 Å². The molecule has 0 aliphatic carbocycles. The second kappa shape index (κ2) is 8.33. The van der Waals surface area contributed by atoms with Crippen LogP contribution in [0.25, 0.3) is 0 Å². The van der Waals surface area contributed by atoms with E-state index in [9.17, 15) is 14.9 Å². The van der Waals surface area contributed by atoms with E-state index in [1.54, 1.807) is 0 Å². The minimum atomic E-state index is -0.800. The van der Waals surface area contributed by atoms with Gasteiger partial charge in [0.1, 0.15) is 12.2 Å². The van der Waals surface area contributed by atoms with Crippen molar-refractivity contribution in [3.05, 3.63) is 63.2 Å². The van der Waals surface area contributed by atoms with Gasteiger partial charge in [0.25, 0.3) is 5.69 Å². The molecule has 7 heteroatoms. The van der Waals surface area contributed by atoms with Gasteiger partial charge < -0.3 is 14.2 Å². The molecule has 0 atom stereocenters. The number of hydrogen-bond donors (Lipinski definition) is 0. The van der Waals surface area contributed by atoms with E-state index in [-0.39, 0.29) is 23.7 Å². The predicted octanol–water partition coefficient (Wildman–Crippen LogP) is 4.09. The molecule has 2 rings (SSSR count). The van der Waals surface area contributed by atoms with Gasteiger partial charge in [0.15, 0.2) is 11.5 Å². The highest BCUT2D eigenvalue weighted by atomic mass is 16.6. The number of nitro groups is 1. The Bertz CT molecular complexity index is 798. The molecule has 0 amide bonds. The maximum absolute atomic E-state index is 12.4. The van der Waals surface area contributed by atoms with E-state index in [2.05, 4.69) is 13.8 Å². The smallest absolute Gasteiger partial charge is 0.345 e. The van der Waals surface area contributed by atoms with Gasteiger partial charge in [-0.15, -0.1) is 0 Å². The number of esters is 1. The Kier molecular flexibility index (Phi) is 6.16. The first-order valence-electron chi connectivity index (χ1n) is 8.03. The fraction of sp³-hybridized carbons (Fsp3) is 0.316. The lowest BCUT2D eigenvalue weighted by molar-refractivity contribution is -0.385. The molecule has 0 aromatic heterocycles. The molecule has 0 heterocycles. The van der Waals surface area contributed by atoms with Crippen molar-refractivity contribution >= 4 is 11.7 Å². The first-order chi connectivity index (χ1) is 12.4. The van der Waals surface area contributed by atoms with Crippen LogP contribution in [0.3, 0.4) is 0 Å². The molecule has 0 unspecified atom stereocenters. The Hall–Kier alpha value is -3.09. The maximum atomic E-state index is 12.4. The van der Waals surface area contributed by atoms with Crippen LogP contribution in [0.15, 0.2) is 36.4 Å². The molecule has 7 nitrogen and oxygen atoms in total. The Balaban J connectivity index is 2.21. The van der Waals surface area contributed by atoms with Gasteiger partial charge in [-0.05, 0) is 17.0 Å². The van der Waals surface area contributed by atoms with Crippen LogP contribution in [0.4, 0.5) is 5.69 Å². The van der Waals surface area contributed by atoms with Crippen LogP contribution >= 0.6 is 0 Å². The number of nitrogens with zero attached hydrogens (tertiary/aromatic N) is 1. The molecular weight excluding hydrogens is 338 g/mol. The van der Waals surface area contributed by atoms with E-state index in [4.69, 9.17) is 14.2 Å². The Morgan fingerprint density at radius 3 is 2.15 bits per heavy atom. The van der Waals surface area contributed by atoms with Gasteiger partial charge in [-0.3, -0.25) is 10.1 Å². The summed E-state index contributed by atoms with van der Waals surface area (Å²) in [6.45, 7) is 4.19. The van der Waals surface area contributed by atoms with Gasteiger partial charge in [-0.2, -0.15) is 0 Å². The Labute approximate surface area is 151 Å². The summed E-state index contributed by atoms with van der Waals surface area (Å²) in [5, 5.41) is 11.3. The highest BCUT2D eigenvalue weighted by Crippen LogP contribution is 2.34. The highest BCUT2D eigenvalue weighted by molar-refractivity contribution is 5.95. The lowest BCUT2D eigenvalue weighted by Gasteiger charge is -2.11. The first-order valence-corrected chi connectivity index (χ1v) is 8.03. The lowest BCUT2D eigenvalue weighted by Crippen LogP contribution is -2.09. The molecule has 0 radical (unpaired) electrons. The van der Waals surface area contributed by atoms with E-state index in [0.717, 1.165) is 11.6 Å². The summed E-state index contributed by atoms with van der Waals surface area (Å²) < 4.78 is 15.4. The van der Waals surface area contributed by atoms with Crippen molar-refractivity contribution in [1.82, 2.24) is 0 Å². The molecule has 26 heavy (non-hydrogen) atoms. The van der Waals surface area contributed by atoms with Crippen LogP contribution in [0.2, 0.25) is 0 Å². The molecule has 0 saturated carbocycles. The number of carbonyl (C=O) groups excluding carboxylic acids is 1. The quantitative estimate of drug-likeness (QED) is 0.420. The molecule has 2 aromatic carbocycles. The topological polar surface area (TPSA) is 87.9 Å². The lowest BCUT2D eigenvalue weighted by atomic mass is 10.0. The molecule has 0 fully saturated rings. The SMILES string of the molecule is COc1cc(C(=O)OCc2ccc(C(C)C)cc2)c([N+](=O)[O-])cc1OC. The number of carbonyl (C=O) groups is 1. The average Bonchev–Trinajstić information content (AvgIpc) is 2.65. The zero-order chi connectivity index (χ0) is 19.3. The van der Waals surface area contributed by atoms with Crippen molar-refractivity contribution in [3.63, 3.8) is 0 Å². The molecule has 0 N–H and O–H groups in total. The molecule has 138 valence electrons. The molecule has 0 aliphatic heterocycles. The van der Waals surface area contributed by atoms with Crippen molar-refractivity contribution < 1.29 is 23.9 Å². The number of methoxy groups -OCH3 is 2. The van der Waals surface area contributed by atoms with E-state index >= 15 is 0 Å². The average molecular weight is 359 g/mol. The monoisotopic (exact) mass is 359 g/mol. The van der Waals surface area contributed by atoms with Crippen molar-refractivity contribution in [3.8, 4) is 11.5 Å². The molecule has 0 saturated heterocycles. The molecular formula is C19H21NO6. The van der Waals surface area contributed by atoms with E-state index in [0.29, 0.717) is 5.92 Å². The minimum absolute atomic E-state index is 0.0166. The fourth-order valence-electron chi connectivity index (χ4n) is 2.41. The summed E-state index contributed by atoms with van der Waals surface area (Å²) in [6.07, 6.45) is 0. The zero-order valence-electron chi connectivity index (χ0n) is 15.1. The van der Waals surface area contributed by atoms with Crippen molar-refractivity contribution in [2.75, 3.05) is 14.2 Å². The van der Waals surface area contributed by atoms with Gasteiger partial charge in [0.05, 0.1) is 25.2 Å². The Morgan fingerprint density at radius 1 is 1.08 bits per heavy atom. The van der Waals surface area contributed by atoms with Gasteiger partial charge in [0, 0.05) is 6.07 Å². The summed E-state index contributed by atoms with van der Waals surface area (Å²) in [5.41, 5.74) is 1.38. The van der Waals surface area contributed by atoms with Crippen LogP contribution in [-0.4, -0.2) is 25.1 Å². The third-order valence-corrected chi connectivity index (χ3v) is 3.93. The number of hydrogen-bond acceptors (Lipinski definition) is 6. The van der Waals surface area contributed by atoms with Gasteiger partial charge in [0.2, 0.25) is 0 Å². The number of benzene rings is 2. The summed E-state index contributed by atoms with van der Waals surface area (Å²) in [5.74, 6) is -0.0158. The molecule has 0 aliphatic rings.